The monoisotopic (exact) mass is 424 g/mol. The summed E-state index contributed by atoms with van der Waals surface area (Å²) in [6.45, 7) is 3.75. The number of hydrogen-bond acceptors (Lipinski definition) is 7. The topological polar surface area (TPSA) is 107 Å². The first-order valence-electron chi connectivity index (χ1n) is 9.63. The summed E-state index contributed by atoms with van der Waals surface area (Å²) in [7, 11) is 1.52. The van der Waals surface area contributed by atoms with Crippen molar-refractivity contribution < 1.29 is 28.5 Å². The lowest BCUT2D eigenvalue weighted by Gasteiger charge is -2.13. The largest absolute Gasteiger partial charge is 0.495 e. The van der Waals surface area contributed by atoms with Crippen molar-refractivity contribution >= 4 is 23.6 Å². The number of carbonyl (C=O) groups is 2. The van der Waals surface area contributed by atoms with Gasteiger partial charge < -0.3 is 24.3 Å². The van der Waals surface area contributed by atoms with Crippen LogP contribution in [0.2, 0.25) is 0 Å². The molecule has 0 aliphatic carbocycles. The lowest BCUT2D eigenvalue weighted by molar-refractivity contribution is -0.137. The molecule has 2 aromatic carbocycles. The van der Waals surface area contributed by atoms with E-state index in [0.717, 1.165) is 0 Å². The van der Waals surface area contributed by atoms with Gasteiger partial charge in [0.25, 0.3) is 5.91 Å². The number of ether oxygens (including phenoxy) is 4. The highest BCUT2D eigenvalue weighted by Crippen LogP contribution is 2.30. The molecule has 0 fully saturated rings. The molecule has 8 heteroatoms. The Kier molecular flexibility index (Phi) is 8.92. The Morgan fingerprint density at radius 2 is 1.81 bits per heavy atom. The second kappa shape index (κ2) is 11.9. The predicted molar refractivity (Wildman–Crippen MR) is 115 cm³/mol. The maximum Gasteiger partial charge on any atom is 0.348 e. The van der Waals surface area contributed by atoms with Crippen molar-refractivity contribution in [3.63, 3.8) is 0 Å². The van der Waals surface area contributed by atoms with Crippen LogP contribution in [0, 0.1) is 11.3 Å². The molecule has 0 unspecified atom stereocenters. The zero-order chi connectivity index (χ0) is 22.6. The van der Waals surface area contributed by atoms with Gasteiger partial charge in [-0.15, -0.1) is 0 Å². The van der Waals surface area contributed by atoms with E-state index in [1.165, 1.54) is 13.2 Å². The van der Waals surface area contributed by atoms with Crippen LogP contribution in [0.1, 0.15) is 19.4 Å². The van der Waals surface area contributed by atoms with Crippen LogP contribution in [0.25, 0.3) is 6.08 Å². The molecular formula is C23H24N2O6. The highest BCUT2D eigenvalue weighted by molar-refractivity contribution is 5.98. The average Bonchev–Trinajstić information content (AvgIpc) is 2.77. The van der Waals surface area contributed by atoms with Crippen molar-refractivity contribution in [1.82, 2.24) is 0 Å². The number of nitriles is 1. The van der Waals surface area contributed by atoms with E-state index in [2.05, 4.69) is 5.32 Å². The summed E-state index contributed by atoms with van der Waals surface area (Å²) in [4.78, 5) is 24.1. The first kappa shape index (κ1) is 23.3. The van der Waals surface area contributed by atoms with Crippen LogP contribution in [0.5, 0.6) is 17.2 Å². The average molecular weight is 424 g/mol. The number of methoxy groups -OCH3 is 1. The molecule has 0 aliphatic heterocycles. The van der Waals surface area contributed by atoms with Crippen LogP contribution in [0.4, 0.5) is 5.69 Å². The molecule has 2 aromatic rings. The summed E-state index contributed by atoms with van der Waals surface area (Å²) in [5.74, 6) is 0.199. The van der Waals surface area contributed by atoms with E-state index in [1.54, 1.807) is 56.3 Å². The van der Waals surface area contributed by atoms with Gasteiger partial charge in [-0.3, -0.25) is 4.79 Å². The van der Waals surface area contributed by atoms with E-state index in [-0.39, 0.29) is 24.7 Å². The van der Waals surface area contributed by atoms with Crippen LogP contribution < -0.4 is 19.5 Å². The Balaban J connectivity index is 2.13. The van der Waals surface area contributed by atoms with E-state index >= 15 is 0 Å². The summed E-state index contributed by atoms with van der Waals surface area (Å²) in [5, 5.41) is 11.9. The van der Waals surface area contributed by atoms with Crippen molar-refractivity contribution in [1.29, 1.82) is 5.26 Å². The fourth-order valence-electron chi connectivity index (χ4n) is 2.59. The molecule has 1 N–H and O–H groups in total. The third kappa shape index (κ3) is 6.78. The zero-order valence-corrected chi connectivity index (χ0v) is 17.6. The molecule has 1 amide bonds. The van der Waals surface area contributed by atoms with Crippen molar-refractivity contribution in [3.05, 3.63) is 53.6 Å². The third-order valence-electron chi connectivity index (χ3n) is 3.93. The molecule has 8 nitrogen and oxygen atoms in total. The van der Waals surface area contributed by atoms with Gasteiger partial charge >= 0.3 is 5.97 Å². The zero-order valence-electron chi connectivity index (χ0n) is 17.6. The molecular weight excluding hydrogens is 400 g/mol. The highest BCUT2D eigenvalue weighted by atomic mass is 16.5. The SMILES string of the molecule is CCOC(=O)/C(C#N)=C\c1ccc(OCC(=O)Nc2ccccc2OC)c(OCC)c1. The molecule has 2 rings (SSSR count). The van der Waals surface area contributed by atoms with Crippen molar-refractivity contribution in [3.8, 4) is 23.3 Å². The van der Waals surface area contributed by atoms with Crippen LogP contribution in [-0.4, -0.2) is 38.8 Å². The standard InChI is InChI=1S/C23H24N2O6/c1-4-29-21-13-16(12-17(14-24)23(27)30-5-2)10-11-20(21)31-15-22(26)25-18-8-6-7-9-19(18)28-3/h6-13H,4-5,15H2,1-3H3,(H,25,26)/b17-12-. The molecule has 31 heavy (non-hydrogen) atoms. The minimum Gasteiger partial charge on any atom is -0.495 e. The predicted octanol–water partition coefficient (Wildman–Crippen LogP) is 3.58. The number of esters is 1. The number of hydrogen-bond donors (Lipinski definition) is 1. The minimum atomic E-state index is -0.698. The van der Waals surface area contributed by atoms with Gasteiger partial charge in [-0.1, -0.05) is 18.2 Å². The quantitative estimate of drug-likeness (QED) is 0.353. The number of nitrogens with zero attached hydrogens (tertiary/aromatic N) is 1. The van der Waals surface area contributed by atoms with Gasteiger partial charge in [0.1, 0.15) is 17.4 Å². The van der Waals surface area contributed by atoms with Gasteiger partial charge in [-0.05, 0) is 49.8 Å². The Bertz CT molecular complexity index is 994. The normalized spacial score (nSPS) is 10.6. The molecule has 0 saturated carbocycles. The molecule has 0 heterocycles. The summed E-state index contributed by atoms with van der Waals surface area (Å²) in [6, 6.07) is 13.7. The Hall–Kier alpha value is -3.99. The van der Waals surface area contributed by atoms with Crippen LogP contribution >= 0.6 is 0 Å². The summed E-state index contributed by atoms with van der Waals surface area (Å²) in [5.41, 5.74) is 0.958. The van der Waals surface area contributed by atoms with E-state index in [0.29, 0.717) is 35.1 Å². The fourth-order valence-corrected chi connectivity index (χ4v) is 2.59. The second-order valence-electron chi connectivity index (χ2n) is 6.07. The Morgan fingerprint density at radius 3 is 2.48 bits per heavy atom. The fraction of sp³-hybridized carbons (Fsp3) is 0.261. The van der Waals surface area contributed by atoms with Crippen LogP contribution in [-0.2, 0) is 14.3 Å². The highest BCUT2D eigenvalue weighted by Gasteiger charge is 2.13. The lowest BCUT2D eigenvalue weighted by Crippen LogP contribution is -2.20. The van der Waals surface area contributed by atoms with Crippen LogP contribution in [0.3, 0.4) is 0 Å². The number of carbonyl (C=O) groups excluding carboxylic acids is 2. The summed E-state index contributed by atoms with van der Waals surface area (Å²) < 4.78 is 21.3. The summed E-state index contributed by atoms with van der Waals surface area (Å²) in [6.07, 6.45) is 1.40. The third-order valence-corrected chi connectivity index (χ3v) is 3.93. The maximum absolute atomic E-state index is 12.3. The van der Waals surface area contributed by atoms with Crippen molar-refractivity contribution in [2.24, 2.45) is 0 Å². The molecule has 0 aromatic heterocycles. The Morgan fingerprint density at radius 1 is 1.03 bits per heavy atom. The smallest absolute Gasteiger partial charge is 0.348 e. The van der Waals surface area contributed by atoms with Gasteiger partial charge in [-0.2, -0.15) is 5.26 Å². The summed E-state index contributed by atoms with van der Waals surface area (Å²) >= 11 is 0. The van der Waals surface area contributed by atoms with E-state index < -0.39 is 5.97 Å². The van der Waals surface area contributed by atoms with E-state index in [4.69, 9.17) is 18.9 Å². The second-order valence-corrected chi connectivity index (χ2v) is 6.07. The van der Waals surface area contributed by atoms with Crippen molar-refractivity contribution in [2.45, 2.75) is 13.8 Å². The molecule has 162 valence electrons. The van der Waals surface area contributed by atoms with Gasteiger partial charge in [0.05, 0.1) is 26.0 Å². The van der Waals surface area contributed by atoms with E-state index in [1.807, 2.05) is 6.07 Å². The van der Waals surface area contributed by atoms with Gasteiger partial charge in [0.2, 0.25) is 0 Å². The van der Waals surface area contributed by atoms with Crippen molar-refractivity contribution in [2.75, 3.05) is 32.2 Å². The molecule has 0 bridgehead atoms. The molecule has 0 aliphatic rings. The molecule has 0 saturated heterocycles. The first-order valence-corrected chi connectivity index (χ1v) is 9.63. The molecule has 0 spiro atoms. The van der Waals surface area contributed by atoms with Gasteiger partial charge in [0.15, 0.2) is 18.1 Å². The van der Waals surface area contributed by atoms with Gasteiger partial charge in [0, 0.05) is 0 Å². The number of para-hydroxylation sites is 2. The van der Waals surface area contributed by atoms with Crippen LogP contribution in [0.15, 0.2) is 48.0 Å². The molecule has 0 atom stereocenters. The first-order chi connectivity index (χ1) is 15.0. The number of amides is 1. The van der Waals surface area contributed by atoms with Gasteiger partial charge in [-0.25, -0.2) is 4.79 Å². The number of benzene rings is 2. The Labute approximate surface area is 181 Å². The number of rotatable bonds is 10. The lowest BCUT2D eigenvalue weighted by atomic mass is 10.1. The maximum atomic E-state index is 12.3. The minimum absolute atomic E-state index is 0.130. The van der Waals surface area contributed by atoms with E-state index in [9.17, 15) is 14.9 Å². The number of anilines is 1. The molecule has 0 radical (unpaired) electrons. The number of nitrogens with one attached hydrogen (secondary N) is 1.